The zero-order chi connectivity index (χ0) is 14.8. The minimum Gasteiger partial charge on any atom is -0.388 e. The molecule has 1 aliphatic heterocycles. The molecule has 1 aliphatic rings. The van der Waals surface area contributed by atoms with E-state index < -0.39 is 21.4 Å². The second kappa shape index (κ2) is 5.77. The van der Waals surface area contributed by atoms with Crippen molar-refractivity contribution in [2.45, 2.75) is 23.3 Å². The zero-order valence-corrected chi connectivity index (χ0v) is 12.1. The van der Waals surface area contributed by atoms with Gasteiger partial charge in [0.25, 0.3) is 0 Å². The molecule has 0 aliphatic carbocycles. The summed E-state index contributed by atoms with van der Waals surface area (Å²) in [6.07, 6.45) is 0.798. The average molecular weight is 303 g/mol. The summed E-state index contributed by atoms with van der Waals surface area (Å²) in [4.78, 5) is 0.0112. The summed E-state index contributed by atoms with van der Waals surface area (Å²) < 4.78 is 43.8. The Balaban J connectivity index is 2.14. The first-order chi connectivity index (χ1) is 9.33. The molecule has 5 nitrogen and oxygen atoms in total. The fourth-order valence-electron chi connectivity index (χ4n) is 2.20. The second-order valence-corrected chi connectivity index (χ2v) is 7.10. The van der Waals surface area contributed by atoms with Gasteiger partial charge in [-0.15, -0.1) is 0 Å². The smallest absolute Gasteiger partial charge is 0.242 e. The molecule has 1 N–H and O–H groups in total. The highest BCUT2D eigenvalue weighted by molar-refractivity contribution is 7.89. The third kappa shape index (κ3) is 3.35. The molecule has 1 aromatic rings. The van der Waals surface area contributed by atoms with Crippen LogP contribution < -0.4 is 0 Å². The molecule has 0 amide bonds. The van der Waals surface area contributed by atoms with E-state index in [1.165, 1.54) is 19.2 Å². The van der Waals surface area contributed by atoms with Gasteiger partial charge in [-0.2, -0.15) is 4.31 Å². The van der Waals surface area contributed by atoms with Crippen LogP contribution in [0, 0.1) is 5.82 Å². The number of nitrogens with zero attached hydrogens (tertiary/aromatic N) is 1. The first-order valence-corrected chi connectivity index (χ1v) is 7.80. The summed E-state index contributed by atoms with van der Waals surface area (Å²) in [5.41, 5.74) is -1.07. The fourth-order valence-corrected chi connectivity index (χ4v) is 3.45. The van der Waals surface area contributed by atoms with Crippen LogP contribution in [0.4, 0.5) is 4.39 Å². The maximum Gasteiger partial charge on any atom is 0.242 e. The van der Waals surface area contributed by atoms with Crippen LogP contribution in [0.15, 0.2) is 29.2 Å². The van der Waals surface area contributed by atoms with Crippen molar-refractivity contribution in [3.63, 3.8) is 0 Å². The van der Waals surface area contributed by atoms with Gasteiger partial charge in [-0.25, -0.2) is 12.8 Å². The normalized spacial score (nSPS) is 19.2. The molecule has 0 bridgehead atoms. The summed E-state index contributed by atoms with van der Waals surface area (Å²) in [6, 6.07) is 4.64. The Labute approximate surface area is 118 Å². The van der Waals surface area contributed by atoms with Gasteiger partial charge in [0.2, 0.25) is 10.0 Å². The van der Waals surface area contributed by atoms with Gasteiger partial charge in [-0.1, -0.05) is 0 Å². The average Bonchev–Trinajstić information content (AvgIpc) is 2.39. The van der Waals surface area contributed by atoms with Crippen molar-refractivity contribution in [1.82, 2.24) is 4.31 Å². The molecule has 2 rings (SSSR count). The Bertz CT molecular complexity index is 552. The molecule has 7 heteroatoms. The predicted octanol–water partition coefficient (Wildman–Crippen LogP) is 0.988. The Hall–Kier alpha value is -1.02. The van der Waals surface area contributed by atoms with Crippen molar-refractivity contribution in [3.05, 3.63) is 30.1 Å². The maximum atomic E-state index is 12.8. The van der Waals surface area contributed by atoms with Gasteiger partial charge in [0, 0.05) is 39.6 Å². The quantitative estimate of drug-likeness (QED) is 0.901. The molecule has 1 saturated heterocycles. The number of aliphatic hydroxyl groups is 1. The number of sulfonamides is 1. The van der Waals surface area contributed by atoms with E-state index in [0.29, 0.717) is 26.1 Å². The van der Waals surface area contributed by atoms with Gasteiger partial charge < -0.3 is 9.84 Å². The summed E-state index contributed by atoms with van der Waals surface area (Å²) in [5.74, 6) is -0.491. The second-order valence-electron chi connectivity index (χ2n) is 5.05. The van der Waals surface area contributed by atoms with E-state index in [1.54, 1.807) is 0 Å². The molecule has 1 heterocycles. The third-order valence-electron chi connectivity index (χ3n) is 3.46. The SMILES string of the molecule is CN(CC1(O)CCOCC1)S(=O)(=O)c1ccc(F)cc1. The molecule has 0 spiro atoms. The zero-order valence-electron chi connectivity index (χ0n) is 11.3. The van der Waals surface area contributed by atoms with E-state index in [2.05, 4.69) is 0 Å². The lowest BCUT2D eigenvalue weighted by Gasteiger charge is -2.35. The number of likely N-dealkylation sites (N-methyl/N-ethyl adjacent to an activating group) is 1. The van der Waals surface area contributed by atoms with Crippen LogP contribution in [0.3, 0.4) is 0 Å². The van der Waals surface area contributed by atoms with Gasteiger partial charge in [0.1, 0.15) is 5.82 Å². The number of hydrogen-bond acceptors (Lipinski definition) is 4. The van der Waals surface area contributed by atoms with Crippen molar-refractivity contribution < 1.29 is 22.7 Å². The lowest BCUT2D eigenvalue weighted by molar-refractivity contribution is -0.0689. The Morgan fingerprint density at radius 2 is 1.85 bits per heavy atom. The predicted molar refractivity (Wildman–Crippen MR) is 71.2 cm³/mol. The van der Waals surface area contributed by atoms with E-state index in [0.717, 1.165) is 16.4 Å². The number of benzene rings is 1. The fraction of sp³-hybridized carbons (Fsp3) is 0.538. The summed E-state index contributed by atoms with van der Waals surface area (Å²) in [7, 11) is -2.32. The molecule has 0 aromatic heterocycles. The largest absolute Gasteiger partial charge is 0.388 e. The highest BCUT2D eigenvalue weighted by Gasteiger charge is 2.34. The molecule has 112 valence electrons. The van der Waals surface area contributed by atoms with Gasteiger partial charge in [0.05, 0.1) is 10.5 Å². The molecule has 1 aromatic carbocycles. The monoisotopic (exact) mass is 303 g/mol. The van der Waals surface area contributed by atoms with Crippen molar-refractivity contribution >= 4 is 10.0 Å². The molecule has 0 radical (unpaired) electrons. The van der Waals surface area contributed by atoms with Crippen molar-refractivity contribution in [1.29, 1.82) is 0 Å². The van der Waals surface area contributed by atoms with Crippen LogP contribution in [0.2, 0.25) is 0 Å². The number of ether oxygens (including phenoxy) is 1. The lowest BCUT2D eigenvalue weighted by atomic mass is 9.95. The number of halogens is 1. The minimum absolute atomic E-state index is 0.00390. The molecule has 20 heavy (non-hydrogen) atoms. The van der Waals surface area contributed by atoms with Gasteiger partial charge >= 0.3 is 0 Å². The molecular weight excluding hydrogens is 285 g/mol. The highest BCUT2D eigenvalue weighted by Crippen LogP contribution is 2.24. The van der Waals surface area contributed by atoms with Crippen LogP contribution in [0.1, 0.15) is 12.8 Å². The van der Waals surface area contributed by atoms with Crippen LogP contribution in [0.25, 0.3) is 0 Å². The summed E-state index contributed by atoms with van der Waals surface area (Å²) >= 11 is 0. The van der Waals surface area contributed by atoms with E-state index in [9.17, 15) is 17.9 Å². The first-order valence-electron chi connectivity index (χ1n) is 6.36. The van der Waals surface area contributed by atoms with Crippen molar-refractivity contribution in [2.75, 3.05) is 26.8 Å². The number of rotatable bonds is 4. The Morgan fingerprint density at radius 1 is 1.30 bits per heavy atom. The molecule has 0 saturated carbocycles. The van der Waals surface area contributed by atoms with Crippen LogP contribution in [0.5, 0.6) is 0 Å². The summed E-state index contributed by atoms with van der Waals surface area (Å²) in [6.45, 7) is 0.831. The molecule has 0 atom stereocenters. The topological polar surface area (TPSA) is 66.8 Å². The Kier molecular flexibility index (Phi) is 4.43. The third-order valence-corrected chi connectivity index (χ3v) is 5.28. The first kappa shape index (κ1) is 15.4. The van der Waals surface area contributed by atoms with Crippen LogP contribution in [-0.2, 0) is 14.8 Å². The lowest BCUT2D eigenvalue weighted by Crippen LogP contribution is -2.47. The van der Waals surface area contributed by atoms with Crippen LogP contribution >= 0.6 is 0 Å². The molecule has 0 unspecified atom stereocenters. The molecule has 1 fully saturated rings. The maximum absolute atomic E-state index is 12.8. The van der Waals surface area contributed by atoms with E-state index >= 15 is 0 Å². The highest BCUT2D eigenvalue weighted by atomic mass is 32.2. The van der Waals surface area contributed by atoms with Gasteiger partial charge in [-0.05, 0) is 24.3 Å². The minimum atomic E-state index is -3.73. The van der Waals surface area contributed by atoms with E-state index in [1.807, 2.05) is 0 Å². The summed E-state index contributed by atoms with van der Waals surface area (Å²) in [5, 5.41) is 10.3. The van der Waals surface area contributed by atoms with E-state index in [4.69, 9.17) is 4.74 Å². The standard InChI is InChI=1S/C13H18FNO4S/c1-15(10-13(16)6-8-19-9-7-13)20(17,18)12-4-2-11(14)3-5-12/h2-5,16H,6-10H2,1H3. The van der Waals surface area contributed by atoms with Crippen LogP contribution in [-0.4, -0.2) is 50.2 Å². The van der Waals surface area contributed by atoms with E-state index in [-0.39, 0.29) is 11.4 Å². The van der Waals surface area contributed by atoms with Gasteiger partial charge in [-0.3, -0.25) is 0 Å². The van der Waals surface area contributed by atoms with Gasteiger partial charge in [0.15, 0.2) is 0 Å². The van der Waals surface area contributed by atoms with Crippen molar-refractivity contribution in [3.8, 4) is 0 Å². The number of hydrogen-bond donors (Lipinski definition) is 1. The Morgan fingerprint density at radius 3 is 2.40 bits per heavy atom. The molecular formula is C13H18FNO4S. The van der Waals surface area contributed by atoms with Crippen molar-refractivity contribution in [2.24, 2.45) is 0 Å².